The molecule has 9 rings (SSSR count). The number of benzene rings is 7. The van der Waals surface area contributed by atoms with Crippen molar-refractivity contribution >= 4 is 44.6 Å². The van der Waals surface area contributed by atoms with E-state index in [-0.39, 0.29) is 10.8 Å². The van der Waals surface area contributed by atoms with Crippen molar-refractivity contribution in [1.29, 1.82) is 0 Å². The fourth-order valence-corrected chi connectivity index (χ4v) is 8.17. The molecule has 0 amide bonds. The zero-order valence-corrected chi connectivity index (χ0v) is 32.5. The summed E-state index contributed by atoms with van der Waals surface area (Å²) in [5, 5.41) is 2.44. The van der Waals surface area contributed by atoms with Gasteiger partial charge in [-0.15, -0.1) is 0 Å². The lowest BCUT2D eigenvalue weighted by atomic mass is 9.83. The zero-order chi connectivity index (χ0) is 37.9. The molecule has 7 aromatic carbocycles. The van der Waals surface area contributed by atoms with E-state index >= 15 is 0 Å². The highest BCUT2D eigenvalue weighted by molar-refractivity contribution is 6.09. The first-order valence-electron chi connectivity index (χ1n) is 19.3. The monoisotopic (exact) mass is 717 g/mol. The van der Waals surface area contributed by atoms with E-state index in [1.165, 1.54) is 55.6 Å². The van der Waals surface area contributed by atoms with Crippen molar-refractivity contribution in [3.63, 3.8) is 0 Å². The van der Waals surface area contributed by atoms with Gasteiger partial charge in [0.25, 0.3) is 0 Å². The molecule has 0 atom stereocenters. The molecule has 8 aromatic rings. The van der Waals surface area contributed by atoms with E-state index in [1.807, 2.05) is 0 Å². The smallest absolute Gasteiger partial charge is 0.129 e. The molecule has 0 fully saturated rings. The van der Waals surface area contributed by atoms with Gasteiger partial charge in [0.1, 0.15) is 18.2 Å². The summed E-state index contributed by atoms with van der Waals surface area (Å²) < 4.78 is 9.11. The molecule has 272 valence electrons. The summed E-state index contributed by atoms with van der Waals surface area (Å²) in [4.78, 5) is 4.90. The summed E-state index contributed by atoms with van der Waals surface area (Å²) in [6, 6.07) is 58.8. The van der Waals surface area contributed by atoms with Crippen LogP contribution < -0.4 is 14.5 Å². The Balaban J connectivity index is 1.10. The highest BCUT2D eigenvalue weighted by Gasteiger charge is 2.33. The van der Waals surface area contributed by atoms with Gasteiger partial charge >= 0.3 is 0 Å². The van der Waals surface area contributed by atoms with Gasteiger partial charge in [-0.3, -0.25) is 0 Å². The molecule has 0 bridgehead atoms. The van der Waals surface area contributed by atoms with Crippen LogP contribution in [0, 0.1) is 0 Å². The quantitative estimate of drug-likeness (QED) is 0.171. The predicted octanol–water partition coefficient (Wildman–Crippen LogP) is 14.1. The SMILES string of the molecule is CC(C)(C)c1cccc(-n2c3ccccc3c3ccc(Oc4cccc(N5CN(c6c(-c7ccccc7)cccc6C(C)(C)C)c6ccccc65)c4)cc32)c1. The van der Waals surface area contributed by atoms with E-state index in [0.717, 1.165) is 28.4 Å². The summed E-state index contributed by atoms with van der Waals surface area (Å²) in [6.07, 6.45) is 0. The van der Waals surface area contributed by atoms with E-state index in [2.05, 4.69) is 220 Å². The third kappa shape index (κ3) is 6.22. The van der Waals surface area contributed by atoms with Gasteiger partial charge in [0.15, 0.2) is 0 Å². The van der Waals surface area contributed by atoms with Crippen LogP contribution in [0.3, 0.4) is 0 Å². The first-order chi connectivity index (χ1) is 26.5. The third-order valence-electron chi connectivity index (χ3n) is 10.9. The predicted molar refractivity (Wildman–Crippen MR) is 232 cm³/mol. The van der Waals surface area contributed by atoms with Crippen molar-refractivity contribution in [2.24, 2.45) is 0 Å². The minimum Gasteiger partial charge on any atom is -0.457 e. The number of nitrogens with zero attached hydrogens (tertiary/aromatic N) is 3. The average Bonchev–Trinajstić information content (AvgIpc) is 3.73. The van der Waals surface area contributed by atoms with E-state index in [9.17, 15) is 0 Å². The molecule has 0 saturated carbocycles. The van der Waals surface area contributed by atoms with Crippen molar-refractivity contribution in [2.75, 3.05) is 16.5 Å². The van der Waals surface area contributed by atoms with Gasteiger partial charge in [-0.2, -0.15) is 0 Å². The topological polar surface area (TPSA) is 20.6 Å². The normalized spacial score (nSPS) is 13.1. The number of hydrogen-bond acceptors (Lipinski definition) is 3. The molecule has 0 unspecified atom stereocenters. The number of anilines is 4. The summed E-state index contributed by atoms with van der Waals surface area (Å²) in [5.41, 5.74) is 13.2. The van der Waals surface area contributed by atoms with Gasteiger partial charge in [-0.05, 0) is 82.1 Å². The van der Waals surface area contributed by atoms with Gasteiger partial charge in [-0.1, -0.05) is 139 Å². The van der Waals surface area contributed by atoms with Crippen molar-refractivity contribution in [1.82, 2.24) is 4.57 Å². The maximum Gasteiger partial charge on any atom is 0.129 e. The van der Waals surface area contributed by atoms with Crippen molar-refractivity contribution in [3.8, 4) is 28.3 Å². The van der Waals surface area contributed by atoms with E-state index in [0.29, 0.717) is 6.67 Å². The van der Waals surface area contributed by atoms with Gasteiger partial charge < -0.3 is 19.1 Å². The minimum atomic E-state index is -0.0571. The number of fused-ring (bicyclic) bond motifs is 4. The molecular weight excluding hydrogens is 671 g/mol. The minimum absolute atomic E-state index is 0.0428. The Hall–Kier alpha value is -6.26. The van der Waals surface area contributed by atoms with Crippen LogP contribution in [0.5, 0.6) is 11.5 Å². The molecule has 4 heteroatoms. The molecule has 2 heterocycles. The Morgan fingerprint density at radius 1 is 0.473 bits per heavy atom. The maximum absolute atomic E-state index is 6.74. The highest BCUT2D eigenvalue weighted by Crippen LogP contribution is 2.50. The number of rotatable bonds is 6. The van der Waals surface area contributed by atoms with Gasteiger partial charge in [-0.25, -0.2) is 0 Å². The van der Waals surface area contributed by atoms with Crippen molar-refractivity contribution < 1.29 is 4.74 Å². The van der Waals surface area contributed by atoms with Gasteiger partial charge in [0.05, 0.1) is 28.1 Å². The zero-order valence-electron chi connectivity index (χ0n) is 32.5. The molecule has 0 aliphatic carbocycles. The Labute approximate surface area is 324 Å². The maximum atomic E-state index is 6.74. The van der Waals surface area contributed by atoms with Crippen molar-refractivity contribution in [2.45, 2.75) is 52.4 Å². The molecule has 0 spiro atoms. The molecule has 1 aliphatic heterocycles. The molecular formula is C51H47N3O. The Morgan fingerprint density at radius 3 is 1.91 bits per heavy atom. The lowest BCUT2D eigenvalue weighted by Gasteiger charge is -2.31. The second kappa shape index (κ2) is 13.2. The Bertz CT molecular complexity index is 2690. The van der Waals surface area contributed by atoms with Crippen LogP contribution in [0.25, 0.3) is 38.6 Å². The van der Waals surface area contributed by atoms with Crippen LogP contribution in [-0.4, -0.2) is 11.2 Å². The largest absolute Gasteiger partial charge is 0.457 e. The van der Waals surface area contributed by atoms with Crippen molar-refractivity contribution in [3.05, 3.63) is 175 Å². The standard InChI is InChI=1S/C51H47N3O/c1-50(2,3)36-19-14-21-38(31-36)54-45-26-11-10-23-42(45)43-30-29-40(33-48(43)54)55-39-22-15-20-37(32-39)52-34-53(47-28-13-12-27-46(47)52)49-41(35-17-8-7-9-18-35)24-16-25-44(49)51(4,5)6/h7-33H,34H2,1-6H3. The fourth-order valence-electron chi connectivity index (χ4n) is 8.17. The lowest BCUT2D eigenvalue weighted by molar-refractivity contribution is 0.483. The van der Waals surface area contributed by atoms with Gasteiger partial charge in [0, 0.05) is 39.8 Å². The highest BCUT2D eigenvalue weighted by atomic mass is 16.5. The Morgan fingerprint density at radius 2 is 1.13 bits per heavy atom. The summed E-state index contributed by atoms with van der Waals surface area (Å²) in [7, 11) is 0. The molecule has 55 heavy (non-hydrogen) atoms. The van der Waals surface area contributed by atoms with Crippen LogP contribution in [0.15, 0.2) is 164 Å². The summed E-state index contributed by atoms with van der Waals surface area (Å²) >= 11 is 0. The second-order valence-corrected chi connectivity index (χ2v) is 16.7. The molecule has 0 radical (unpaired) electrons. The van der Waals surface area contributed by atoms with Crippen LogP contribution in [0.1, 0.15) is 52.7 Å². The molecule has 0 N–H and O–H groups in total. The van der Waals surface area contributed by atoms with Crippen LogP contribution in [0.2, 0.25) is 0 Å². The average molecular weight is 718 g/mol. The molecule has 4 nitrogen and oxygen atoms in total. The second-order valence-electron chi connectivity index (χ2n) is 16.7. The Kier molecular flexibility index (Phi) is 8.31. The summed E-state index contributed by atoms with van der Waals surface area (Å²) in [5.74, 6) is 1.60. The summed E-state index contributed by atoms with van der Waals surface area (Å²) in [6.45, 7) is 14.4. The number of ether oxygens (including phenoxy) is 1. The number of aromatic nitrogens is 1. The van der Waals surface area contributed by atoms with Crippen LogP contribution in [0.4, 0.5) is 22.7 Å². The van der Waals surface area contributed by atoms with E-state index < -0.39 is 0 Å². The number of hydrogen-bond donors (Lipinski definition) is 0. The fraction of sp³-hybridized carbons (Fsp3) is 0.176. The molecule has 1 aromatic heterocycles. The first kappa shape index (κ1) is 34.5. The van der Waals surface area contributed by atoms with Gasteiger partial charge in [0.2, 0.25) is 0 Å². The van der Waals surface area contributed by atoms with E-state index in [4.69, 9.17) is 4.74 Å². The first-order valence-corrected chi connectivity index (χ1v) is 19.3. The molecule has 1 aliphatic rings. The van der Waals surface area contributed by atoms with Crippen LogP contribution in [-0.2, 0) is 10.8 Å². The molecule has 0 saturated heterocycles. The number of para-hydroxylation sites is 4. The lowest BCUT2D eigenvalue weighted by Crippen LogP contribution is -2.27. The van der Waals surface area contributed by atoms with E-state index in [1.54, 1.807) is 0 Å². The van der Waals surface area contributed by atoms with Crippen LogP contribution >= 0.6 is 0 Å². The third-order valence-corrected chi connectivity index (χ3v) is 10.9.